The summed E-state index contributed by atoms with van der Waals surface area (Å²) in [5.41, 5.74) is 2.55. The van der Waals surface area contributed by atoms with Crippen LogP contribution in [0.3, 0.4) is 0 Å². The molecule has 0 unspecified atom stereocenters. The lowest BCUT2D eigenvalue weighted by Gasteiger charge is -2.34. The predicted molar refractivity (Wildman–Crippen MR) is 119 cm³/mol. The first-order valence-corrected chi connectivity index (χ1v) is 10.6. The van der Waals surface area contributed by atoms with Crippen LogP contribution in [0.25, 0.3) is 0 Å². The van der Waals surface area contributed by atoms with Gasteiger partial charge >= 0.3 is 0 Å². The average Bonchev–Trinajstić information content (AvgIpc) is 2.77. The molecule has 1 saturated heterocycles. The Morgan fingerprint density at radius 2 is 1.79 bits per heavy atom. The fourth-order valence-corrected chi connectivity index (χ4v) is 3.43. The van der Waals surface area contributed by atoms with E-state index in [2.05, 4.69) is 68.5 Å². The summed E-state index contributed by atoms with van der Waals surface area (Å²) in [5, 5.41) is 6.81. The van der Waals surface area contributed by atoms with Gasteiger partial charge in [0.25, 0.3) is 0 Å². The normalized spacial score (nSPS) is 15.4. The summed E-state index contributed by atoms with van der Waals surface area (Å²) in [7, 11) is 0. The maximum Gasteiger partial charge on any atom is 0.225 e. The molecule has 0 radical (unpaired) electrons. The van der Waals surface area contributed by atoms with E-state index in [0.717, 1.165) is 64.1 Å². The van der Waals surface area contributed by atoms with Crippen molar-refractivity contribution in [2.75, 3.05) is 50.7 Å². The van der Waals surface area contributed by atoms with Gasteiger partial charge in [-0.2, -0.15) is 0 Å². The van der Waals surface area contributed by atoms with Gasteiger partial charge in [-0.1, -0.05) is 24.3 Å². The summed E-state index contributed by atoms with van der Waals surface area (Å²) >= 11 is 0. The van der Waals surface area contributed by atoms with Gasteiger partial charge in [-0.15, -0.1) is 0 Å². The Hall–Kier alpha value is -2.67. The highest BCUT2D eigenvalue weighted by Crippen LogP contribution is 2.10. The number of hydrogen-bond acceptors (Lipinski definition) is 5. The van der Waals surface area contributed by atoms with Crippen LogP contribution in [0.15, 0.2) is 47.7 Å². The first kappa shape index (κ1) is 21.0. The molecule has 0 spiro atoms. The minimum atomic E-state index is 0.700. The molecule has 1 aromatic heterocycles. The topological polar surface area (TPSA) is 68.7 Å². The van der Waals surface area contributed by atoms with Crippen molar-refractivity contribution >= 4 is 11.9 Å². The van der Waals surface area contributed by atoms with Crippen molar-refractivity contribution in [2.45, 2.75) is 26.8 Å². The SMILES string of the molecule is CCNC(=NCc1ccccc1C)NCCCN1CCN(c2ncccn2)CC1. The van der Waals surface area contributed by atoms with Crippen molar-refractivity contribution in [3.05, 3.63) is 53.9 Å². The molecule has 7 nitrogen and oxygen atoms in total. The Kier molecular flexibility index (Phi) is 8.25. The zero-order chi connectivity index (χ0) is 20.3. The zero-order valence-corrected chi connectivity index (χ0v) is 17.6. The van der Waals surface area contributed by atoms with E-state index in [1.54, 1.807) is 0 Å². The molecular weight excluding hydrogens is 362 g/mol. The van der Waals surface area contributed by atoms with E-state index in [0.29, 0.717) is 6.54 Å². The number of nitrogens with one attached hydrogen (secondary N) is 2. The molecule has 0 bridgehead atoms. The fraction of sp³-hybridized carbons (Fsp3) is 0.500. The number of rotatable bonds is 8. The molecule has 0 atom stereocenters. The molecule has 0 saturated carbocycles. The zero-order valence-electron chi connectivity index (χ0n) is 17.6. The van der Waals surface area contributed by atoms with Crippen LogP contribution in [0, 0.1) is 6.92 Å². The van der Waals surface area contributed by atoms with Crippen LogP contribution in [0.1, 0.15) is 24.5 Å². The number of aliphatic imine (C=N–C) groups is 1. The number of aryl methyl sites for hydroxylation is 1. The molecule has 29 heavy (non-hydrogen) atoms. The van der Waals surface area contributed by atoms with Gasteiger partial charge in [0, 0.05) is 51.7 Å². The van der Waals surface area contributed by atoms with Gasteiger partial charge in [0.1, 0.15) is 0 Å². The maximum absolute atomic E-state index is 4.73. The quantitative estimate of drug-likeness (QED) is 0.405. The molecule has 1 fully saturated rings. The molecule has 2 heterocycles. The number of anilines is 1. The minimum Gasteiger partial charge on any atom is -0.357 e. The molecule has 1 aliphatic heterocycles. The van der Waals surface area contributed by atoms with Crippen molar-refractivity contribution in [2.24, 2.45) is 4.99 Å². The lowest BCUT2D eigenvalue weighted by atomic mass is 10.1. The highest BCUT2D eigenvalue weighted by atomic mass is 15.3. The highest BCUT2D eigenvalue weighted by molar-refractivity contribution is 5.79. The second-order valence-electron chi connectivity index (χ2n) is 7.28. The standard InChI is InChI=1S/C22H33N7/c1-3-23-21(27-18-20-9-5-4-8-19(20)2)24-12-7-13-28-14-16-29(17-15-28)22-25-10-6-11-26-22/h4-6,8-11H,3,7,12-18H2,1-2H3,(H2,23,24,27). The van der Waals surface area contributed by atoms with Crippen molar-refractivity contribution in [1.82, 2.24) is 25.5 Å². The van der Waals surface area contributed by atoms with Crippen LogP contribution in [0.5, 0.6) is 0 Å². The van der Waals surface area contributed by atoms with Crippen LogP contribution in [0.4, 0.5) is 5.95 Å². The van der Waals surface area contributed by atoms with Gasteiger partial charge in [0.05, 0.1) is 6.54 Å². The highest BCUT2D eigenvalue weighted by Gasteiger charge is 2.18. The van der Waals surface area contributed by atoms with Gasteiger partial charge in [0.15, 0.2) is 5.96 Å². The fourth-order valence-electron chi connectivity index (χ4n) is 3.43. The first-order valence-electron chi connectivity index (χ1n) is 10.6. The number of benzene rings is 1. The Morgan fingerprint density at radius 1 is 1.03 bits per heavy atom. The summed E-state index contributed by atoms with van der Waals surface area (Å²) in [4.78, 5) is 18.2. The van der Waals surface area contributed by atoms with E-state index in [4.69, 9.17) is 4.99 Å². The Morgan fingerprint density at radius 3 is 2.52 bits per heavy atom. The minimum absolute atomic E-state index is 0.700. The van der Waals surface area contributed by atoms with Gasteiger partial charge in [-0.25, -0.2) is 15.0 Å². The largest absolute Gasteiger partial charge is 0.357 e. The van der Waals surface area contributed by atoms with E-state index >= 15 is 0 Å². The molecule has 2 aromatic rings. The summed E-state index contributed by atoms with van der Waals surface area (Å²) in [5.74, 6) is 1.73. The van der Waals surface area contributed by atoms with Crippen molar-refractivity contribution in [1.29, 1.82) is 0 Å². The van der Waals surface area contributed by atoms with Gasteiger partial charge < -0.3 is 15.5 Å². The van der Waals surface area contributed by atoms with E-state index in [-0.39, 0.29) is 0 Å². The third-order valence-corrected chi connectivity index (χ3v) is 5.16. The first-order chi connectivity index (χ1) is 14.3. The van der Waals surface area contributed by atoms with Crippen molar-refractivity contribution in [3.63, 3.8) is 0 Å². The number of hydrogen-bond donors (Lipinski definition) is 2. The number of guanidine groups is 1. The van der Waals surface area contributed by atoms with Crippen molar-refractivity contribution in [3.8, 4) is 0 Å². The Balaban J connectivity index is 1.37. The summed E-state index contributed by atoms with van der Waals surface area (Å²) in [6.07, 6.45) is 4.71. The molecule has 156 valence electrons. The van der Waals surface area contributed by atoms with E-state index < -0.39 is 0 Å². The summed E-state index contributed by atoms with van der Waals surface area (Å²) < 4.78 is 0. The van der Waals surface area contributed by atoms with E-state index in [9.17, 15) is 0 Å². The van der Waals surface area contributed by atoms with Crippen LogP contribution in [0.2, 0.25) is 0 Å². The third kappa shape index (κ3) is 6.71. The van der Waals surface area contributed by atoms with Gasteiger partial charge in [-0.05, 0) is 44.0 Å². The van der Waals surface area contributed by atoms with Gasteiger partial charge in [-0.3, -0.25) is 4.90 Å². The summed E-state index contributed by atoms with van der Waals surface area (Å²) in [6, 6.07) is 10.3. The average molecular weight is 396 g/mol. The lowest BCUT2D eigenvalue weighted by Crippen LogP contribution is -2.47. The second kappa shape index (κ2) is 11.4. The smallest absolute Gasteiger partial charge is 0.225 e. The molecule has 3 rings (SSSR count). The van der Waals surface area contributed by atoms with Crippen LogP contribution < -0.4 is 15.5 Å². The lowest BCUT2D eigenvalue weighted by molar-refractivity contribution is 0.254. The molecule has 0 amide bonds. The molecule has 7 heteroatoms. The van der Waals surface area contributed by atoms with Crippen molar-refractivity contribution < 1.29 is 0 Å². The van der Waals surface area contributed by atoms with Gasteiger partial charge in [0.2, 0.25) is 5.95 Å². The molecule has 1 aromatic carbocycles. The Labute approximate surface area is 174 Å². The monoisotopic (exact) mass is 395 g/mol. The van der Waals surface area contributed by atoms with Crippen LogP contribution in [-0.4, -0.2) is 66.6 Å². The van der Waals surface area contributed by atoms with Crippen LogP contribution in [-0.2, 0) is 6.54 Å². The maximum atomic E-state index is 4.73. The molecule has 2 N–H and O–H groups in total. The van der Waals surface area contributed by atoms with E-state index in [1.165, 1.54) is 11.1 Å². The molecule has 0 aliphatic carbocycles. The predicted octanol–water partition coefficient (Wildman–Crippen LogP) is 2.05. The number of piperazine rings is 1. The molecular formula is C22H33N7. The third-order valence-electron chi connectivity index (χ3n) is 5.16. The number of nitrogens with zero attached hydrogens (tertiary/aromatic N) is 5. The number of aromatic nitrogens is 2. The molecule has 1 aliphatic rings. The second-order valence-corrected chi connectivity index (χ2v) is 7.28. The van der Waals surface area contributed by atoms with Crippen LogP contribution >= 0.6 is 0 Å². The summed E-state index contributed by atoms with van der Waals surface area (Å²) in [6.45, 7) is 11.9. The Bertz CT molecular complexity index is 755. The van der Waals surface area contributed by atoms with E-state index in [1.807, 2.05) is 18.5 Å².